The predicted octanol–water partition coefficient (Wildman–Crippen LogP) is 4.34. The molecule has 0 unspecified atom stereocenters. The van der Waals surface area contributed by atoms with Crippen LogP contribution in [0.2, 0.25) is 0 Å². The summed E-state index contributed by atoms with van der Waals surface area (Å²) in [7, 11) is 7.53. The molecule has 2 aromatic carbocycles. The highest BCUT2D eigenvalue weighted by molar-refractivity contribution is 6.02. The van der Waals surface area contributed by atoms with E-state index in [0.29, 0.717) is 34.7 Å². The van der Waals surface area contributed by atoms with Crippen molar-refractivity contribution in [3.05, 3.63) is 79.5 Å². The van der Waals surface area contributed by atoms with E-state index in [2.05, 4.69) is 37.1 Å². The number of rotatable bonds is 11. The Morgan fingerprint density at radius 2 is 1.85 bits per heavy atom. The van der Waals surface area contributed by atoms with Gasteiger partial charge in [-0.2, -0.15) is 4.98 Å². The van der Waals surface area contributed by atoms with Crippen molar-refractivity contribution in [2.75, 3.05) is 56.9 Å². The monoisotopic (exact) mass is 530 g/mol. The van der Waals surface area contributed by atoms with E-state index in [1.807, 2.05) is 32.1 Å². The van der Waals surface area contributed by atoms with Crippen molar-refractivity contribution in [1.82, 2.24) is 24.4 Å². The summed E-state index contributed by atoms with van der Waals surface area (Å²) >= 11 is 0. The lowest BCUT2D eigenvalue weighted by Gasteiger charge is -2.26. The molecule has 0 aliphatic carbocycles. The van der Waals surface area contributed by atoms with Crippen molar-refractivity contribution in [2.24, 2.45) is 0 Å². The number of nitrogens with zero attached hydrogens (tertiary/aromatic N) is 6. The van der Waals surface area contributed by atoms with Crippen LogP contribution in [0.15, 0.2) is 73.7 Å². The molecule has 39 heavy (non-hydrogen) atoms. The van der Waals surface area contributed by atoms with Gasteiger partial charge < -0.3 is 25.2 Å². The molecule has 0 saturated heterocycles. The van der Waals surface area contributed by atoms with Crippen LogP contribution in [0.5, 0.6) is 5.75 Å². The van der Waals surface area contributed by atoms with Gasteiger partial charge in [-0.15, -0.1) is 0 Å². The molecule has 1 amide bonds. The number of nitrogens with one attached hydrogen (secondary N) is 2. The van der Waals surface area contributed by atoms with Gasteiger partial charge in [0.1, 0.15) is 23.2 Å². The van der Waals surface area contributed by atoms with Crippen LogP contribution in [0.3, 0.4) is 0 Å². The van der Waals surface area contributed by atoms with Gasteiger partial charge in [-0.3, -0.25) is 9.36 Å². The lowest BCUT2D eigenvalue weighted by molar-refractivity contribution is -0.111. The maximum Gasteiger partial charge on any atom is 0.247 e. The van der Waals surface area contributed by atoms with Gasteiger partial charge in [-0.1, -0.05) is 6.58 Å². The normalized spacial score (nSPS) is 10.8. The first-order chi connectivity index (χ1) is 18.8. The fraction of sp³-hybridized carbons (Fsp3) is 0.214. The molecule has 4 aromatic rings. The first kappa shape index (κ1) is 27.3. The molecule has 2 heterocycles. The van der Waals surface area contributed by atoms with E-state index in [0.717, 1.165) is 24.3 Å². The third-order valence-corrected chi connectivity index (χ3v) is 5.93. The molecule has 4 rings (SSSR count). The number of anilines is 4. The molecule has 202 valence electrons. The average Bonchev–Trinajstić information content (AvgIpc) is 3.42. The molecule has 0 fully saturated rings. The fourth-order valence-corrected chi connectivity index (χ4v) is 3.87. The van der Waals surface area contributed by atoms with Crippen molar-refractivity contribution in [2.45, 2.75) is 0 Å². The van der Waals surface area contributed by atoms with Gasteiger partial charge in [-0.05, 0) is 56.6 Å². The first-order valence-electron chi connectivity index (χ1n) is 12.2. The summed E-state index contributed by atoms with van der Waals surface area (Å²) < 4.78 is 20.9. The molecule has 10 nitrogen and oxygen atoms in total. The third kappa shape index (κ3) is 6.57. The van der Waals surface area contributed by atoms with E-state index in [9.17, 15) is 9.18 Å². The summed E-state index contributed by atoms with van der Waals surface area (Å²) in [6.45, 7) is 5.11. The highest BCUT2D eigenvalue weighted by atomic mass is 19.1. The van der Waals surface area contributed by atoms with Gasteiger partial charge in [0.05, 0.1) is 24.2 Å². The highest BCUT2D eigenvalue weighted by Crippen LogP contribution is 2.38. The van der Waals surface area contributed by atoms with Crippen LogP contribution in [0.25, 0.3) is 17.2 Å². The van der Waals surface area contributed by atoms with Gasteiger partial charge in [0.15, 0.2) is 0 Å². The Hall–Kier alpha value is -4.77. The number of likely N-dealkylation sites (N-methyl/N-ethyl adjacent to an activating group) is 2. The number of amides is 1. The van der Waals surface area contributed by atoms with Crippen LogP contribution in [-0.4, -0.2) is 71.7 Å². The number of ether oxygens (including phenoxy) is 1. The maximum atomic E-state index is 13.4. The van der Waals surface area contributed by atoms with E-state index in [4.69, 9.17) is 4.74 Å². The largest absolute Gasteiger partial charge is 0.494 e. The summed E-state index contributed by atoms with van der Waals surface area (Å²) in [6, 6.07) is 11.5. The Morgan fingerprint density at radius 1 is 1.08 bits per heavy atom. The molecule has 2 N–H and O–H groups in total. The second-order valence-electron chi connectivity index (χ2n) is 8.98. The van der Waals surface area contributed by atoms with E-state index < -0.39 is 0 Å². The van der Waals surface area contributed by atoms with Gasteiger partial charge in [-0.25, -0.2) is 14.4 Å². The molecule has 0 spiro atoms. The van der Waals surface area contributed by atoms with Crippen molar-refractivity contribution in [3.8, 4) is 23.0 Å². The Balaban J connectivity index is 1.68. The number of imidazole rings is 1. The van der Waals surface area contributed by atoms with Crippen LogP contribution in [0, 0.1) is 5.82 Å². The van der Waals surface area contributed by atoms with Crippen LogP contribution < -0.4 is 20.3 Å². The van der Waals surface area contributed by atoms with Crippen molar-refractivity contribution in [1.29, 1.82) is 0 Å². The molecule has 0 saturated carbocycles. The van der Waals surface area contributed by atoms with Crippen LogP contribution in [0.1, 0.15) is 0 Å². The predicted molar refractivity (Wildman–Crippen MR) is 151 cm³/mol. The Kier molecular flexibility index (Phi) is 8.52. The standard InChI is InChI=1S/C28H31FN8O2/c1-6-26(38)32-21-17-22(24(39-5)18-23(21)36(4)16-15-35(2)3)33-28-31-12-11-25(34-28)37-14-13-30-27(37)19-7-9-20(29)10-8-19/h6-14,17-18H,1,15-16H2,2-5H3,(H,32,38)(H,31,33,34). The Bertz CT molecular complexity index is 1450. The zero-order valence-corrected chi connectivity index (χ0v) is 22.3. The summed E-state index contributed by atoms with van der Waals surface area (Å²) in [5.41, 5.74) is 2.66. The van der Waals surface area contributed by atoms with Crippen molar-refractivity contribution < 1.29 is 13.9 Å². The van der Waals surface area contributed by atoms with Crippen LogP contribution in [0.4, 0.5) is 27.4 Å². The number of carbonyl (C=O) groups excluding carboxylic acids is 1. The first-order valence-corrected chi connectivity index (χ1v) is 12.2. The smallest absolute Gasteiger partial charge is 0.247 e. The van der Waals surface area contributed by atoms with Crippen LogP contribution >= 0.6 is 0 Å². The summed E-state index contributed by atoms with van der Waals surface area (Å²) in [6.07, 6.45) is 6.26. The molecule has 0 atom stereocenters. The topological polar surface area (TPSA) is 100 Å². The van der Waals surface area contributed by atoms with Gasteiger partial charge in [0.25, 0.3) is 0 Å². The number of halogens is 1. The minimum absolute atomic E-state index is 0.305. The number of aromatic nitrogens is 4. The number of carbonyl (C=O) groups is 1. The molecule has 0 radical (unpaired) electrons. The van der Waals surface area contributed by atoms with Crippen molar-refractivity contribution >= 4 is 28.9 Å². The summed E-state index contributed by atoms with van der Waals surface area (Å²) in [5.74, 6) is 1.36. The maximum absolute atomic E-state index is 13.4. The SMILES string of the molecule is C=CC(=O)Nc1cc(Nc2nccc(-n3ccnc3-c3ccc(F)cc3)n2)c(OC)cc1N(C)CCN(C)C. The molecular weight excluding hydrogens is 499 g/mol. The van der Waals surface area contributed by atoms with E-state index in [1.54, 1.807) is 54.5 Å². The highest BCUT2D eigenvalue weighted by Gasteiger charge is 2.17. The number of benzene rings is 2. The number of hydrogen-bond donors (Lipinski definition) is 2. The van der Waals surface area contributed by atoms with E-state index >= 15 is 0 Å². The molecule has 2 aromatic heterocycles. The second-order valence-corrected chi connectivity index (χ2v) is 8.98. The third-order valence-electron chi connectivity index (χ3n) is 5.93. The molecule has 0 aliphatic heterocycles. The molecule has 0 aliphatic rings. The minimum Gasteiger partial charge on any atom is -0.494 e. The van der Waals surface area contributed by atoms with E-state index in [1.165, 1.54) is 18.2 Å². The lowest BCUT2D eigenvalue weighted by atomic mass is 10.2. The molecular formula is C28H31FN8O2. The van der Waals surface area contributed by atoms with Gasteiger partial charge in [0, 0.05) is 50.4 Å². The minimum atomic E-state index is -0.333. The van der Waals surface area contributed by atoms with Crippen molar-refractivity contribution in [3.63, 3.8) is 0 Å². The Morgan fingerprint density at radius 3 is 2.54 bits per heavy atom. The average molecular weight is 531 g/mol. The lowest BCUT2D eigenvalue weighted by Crippen LogP contribution is -2.29. The summed E-state index contributed by atoms with van der Waals surface area (Å²) in [5, 5.41) is 6.09. The zero-order chi connectivity index (χ0) is 27.9. The van der Waals surface area contributed by atoms with Gasteiger partial charge in [0.2, 0.25) is 11.9 Å². The van der Waals surface area contributed by atoms with Crippen LogP contribution in [-0.2, 0) is 4.79 Å². The molecule has 0 bridgehead atoms. The zero-order valence-electron chi connectivity index (χ0n) is 22.3. The van der Waals surface area contributed by atoms with E-state index in [-0.39, 0.29) is 11.7 Å². The number of methoxy groups -OCH3 is 1. The summed E-state index contributed by atoms with van der Waals surface area (Å²) in [4.78, 5) is 29.8. The number of hydrogen-bond acceptors (Lipinski definition) is 8. The van der Waals surface area contributed by atoms with Gasteiger partial charge >= 0.3 is 0 Å². The fourth-order valence-electron chi connectivity index (χ4n) is 3.87. The quantitative estimate of drug-likeness (QED) is 0.276. The second kappa shape index (κ2) is 12.2. The Labute approximate surface area is 226 Å². The molecule has 11 heteroatoms.